The third-order valence-corrected chi connectivity index (χ3v) is 8.94. The molecule has 6 rings (SSSR count). The molecule has 0 unspecified atom stereocenters. The van der Waals surface area contributed by atoms with E-state index in [0.717, 1.165) is 35.0 Å². The normalized spacial score (nSPS) is 17.2. The fourth-order valence-electron chi connectivity index (χ4n) is 6.91. The van der Waals surface area contributed by atoms with Crippen LogP contribution in [-0.4, -0.2) is 83.3 Å². The molecule has 1 saturated carbocycles. The average Bonchev–Trinajstić information content (AvgIpc) is 3.24. The number of piperazine rings is 1. The predicted molar refractivity (Wildman–Crippen MR) is 165 cm³/mol. The van der Waals surface area contributed by atoms with Crippen molar-refractivity contribution in [3.8, 4) is 11.3 Å². The molecule has 3 aromatic rings. The molecule has 1 N–H and O–H groups in total. The zero-order chi connectivity index (χ0) is 28.5. The summed E-state index contributed by atoms with van der Waals surface area (Å²) in [5.41, 5.74) is 5.87. The predicted octanol–water partition coefficient (Wildman–Crippen LogP) is 5.60. The van der Waals surface area contributed by atoms with E-state index >= 15 is 0 Å². The number of aromatic nitrogens is 1. The number of carboxylic acid groups (broad SMARTS) is 1. The van der Waals surface area contributed by atoms with E-state index in [1.54, 1.807) is 17.9 Å². The topological polar surface area (TPSA) is 95.3 Å². The number of hydrogen-bond acceptors (Lipinski definition) is 5. The molecule has 0 spiro atoms. The second kappa shape index (κ2) is 12.7. The summed E-state index contributed by atoms with van der Waals surface area (Å²) in [5, 5.41) is 10.9. The van der Waals surface area contributed by atoms with Gasteiger partial charge in [-0.3, -0.25) is 4.79 Å². The highest BCUT2D eigenvalue weighted by Crippen LogP contribution is 2.47. The van der Waals surface area contributed by atoms with Crippen LogP contribution in [0.5, 0.6) is 0 Å². The molecule has 2 aliphatic heterocycles. The number of amides is 2. The Morgan fingerprint density at radius 1 is 0.905 bits per heavy atom. The Balaban J connectivity index is 0.00000353. The van der Waals surface area contributed by atoms with Crippen molar-refractivity contribution in [1.82, 2.24) is 14.4 Å². The van der Waals surface area contributed by atoms with Crippen LogP contribution < -0.4 is 4.90 Å². The van der Waals surface area contributed by atoms with E-state index in [2.05, 4.69) is 21.6 Å². The Hall–Kier alpha value is -3.72. The first kappa shape index (κ1) is 29.8. The van der Waals surface area contributed by atoms with Crippen LogP contribution in [0.25, 0.3) is 22.2 Å². The number of hydrogen-bond donors (Lipinski definition) is 1. The molecule has 2 fully saturated rings. The summed E-state index contributed by atoms with van der Waals surface area (Å²) in [7, 11) is 0. The van der Waals surface area contributed by atoms with Gasteiger partial charge in [-0.1, -0.05) is 43.5 Å². The summed E-state index contributed by atoms with van der Waals surface area (Å²) < 4.78 is 7.42. The van der Waals surface area contributed by atoms with Gasteiger partial charge in [0.1, 0.15) is 0 Å². The molecule has 0 atom stereocenters. The van der Waals surface area contributed by atoms with Gasteiger partial charge in [-0.05, 0) is 49.4 Å². The van der Waals surface area contributed by atoms with Crippen LogP contribution in [0.4, 0.5) is 10.5 Å². The van der Waals surface area contributed by atoms with Gasteiger partial charge in [0, 0.05) is 61.4 Å². The summed E-state index contributed by atoms with van der Waals surface area (Å²) >= 11 is 0. The first-order valence-electron chi connectivity index (χ1n) is 14.9. The van der Waals surface area contributed by atoms with Gasteiger partial charge in [-0.25, -0.2) is 9.59 Å². The lowest BCUT2D eigenvalue weighted by atomic mass is 9.81. The highest BCUT2D eigenvalue weighted by atomic mass is 35.5. The van der Waals surface area contributed by atoms with Gasteiger partial charge < -0.3 is 29.1 Å². The number of benzene rings is 2. The zero-order valence-corrected chi connectivity index (χ0v) is 24.9. The SMILES string of the molecule is CCOC(=O)N1CCN(C(=O)CN2CCn3c(c(C4CCCCC4)c4ccc(C(=O)O)cc43)-c3ccccc32)CC1.Cl. The summed E-state index contributed by atoms with van der Waals surface area (Å²) in [6.45, 7) is 5.57. The van der Waals surface area contributed by atoms with Gasteiger partial charge in [0.2, 0.25) is 5.91 Å². The fraction of sp³-hybridized carbons (Fsp3) is 0.469. The van der Waals surface area contributed by atoms with Crippen LogP contribution in [0.2, 0.25) is 0 Å². The molecule has 2 amide bonds. The number of rotatable bonds is 5. The van der Waals surface area contributed by atoms with Crippen molar-refractivity contribution in [2.45, 2.75) is 51.5 Å². The average molecular weight is 595 g/mol. The first-order chi connectivity index (χ1) is 20.0. The highest BCUT2D eigenvalue weighted by Gasteiger charge is 2.32. The van der Waals surface area contributed by atoms with Gasteiger partial charge >= 0.3 is 12.1 Å². The lowest BCUT2D eigenvalue weighted by Crippen LogP contribution is -2.53. The first-order valence-corrected chi connectivity index (χ1v) is 14.9. The Morgan fingerprint density at radius 3 is 2.33 bits per heavy atom. The minimum atomic E-state index is -0.925. The van der Waals surface area contributed by atoms with E-state index in [9.17, 15) is 19.5 Å². The van der Waals surface area contributed by atoms with E-state index in [-0.39, 0.29) is 31.0 Å². The molecular weight excluding hydrogens is 556 g/mol. The lowest BCUT2D eigenvalue weighted by Gasteiger charge is -2.35. The molecule has 3 aliphatic rings. The number of anilines is 1. The molecule has 224 valence electrons. The van der Waals surface area contributed by atoms with Crippen molar-refractivity contribution < 1.29 is 24.2 Å². The van der Waals surface area contributed by atoms with Crippen LogP contribution in [0.3, 0.4) is 0 Å². The summed E-state index contributed by atoms with van der Waals surface area (Å²) in [6, 6.07) is 13.9. The summed E-state index contributed by atoms with van der Waals surface area (Å²) in [4.78, 5) is 43.2. The zero-order valence-electron chi connectivity index (χ0n) is 24.1. The molecule has 1 aliphatic carbocycles. The molecule has 2 aromatic carbocycles. The van der Waals surface area contributed by atoms with Crippen molar-refractivity contribution in [3.63, 3.8) is 0 Å². The van der Waals surface area contributed by atoms with Crippen molar-refractivity contribution in [2.75, 3.05) is 50.8 Å². The standard InChI is InChI=1S/C32H38N4O5.ClH/c1-2-41-32(40)34-16-14-33(15-17-34)28(37)21-35-18-19-36-27-20-23(31(38)39)12-13-24(27)29(22-8-4-3-5-9-22)30(36)25-10-6-7-11-26(25)35;/h6-7,10-13,20,22H,2-5,8-9,14-19,21H2,1H3,(H,38,39);1H. The summed E-state index contributed by atoms with van der Waals surface area (Å²) in [6.07, 6.45) is 5.61. The quantitative estimate of drug-likeness (QED) is 0.413. The van der Waals surface area contributed by atoms with Crippen LogP contribution in [-0.2, 0) is 16.1 Å². The second-order valence-corrected chi connectivity index (χ2v) is 11.3. The lowest BCUT2D eigenvalue weighted by molar-refractivity contribution is -0.131. The maximum Gasteiger partial charge on any atom is 0.409 e. The molecule has 3 heterocycles. The molecule has 0 bridgehead atoms. The van der Waals surface area contributed by atoms with Crippen molar-refractivity contribution in [3.05, 3.63) is 53.6 Å². The van der Waals surface area contributed by atoms with Gasteiger partial charge in [-0.15, -0.1) is 12.4 Å². The van der Waals surface area contributed by atoms with E-state index in [1.807, 2.05) is 29.2 Å². The maximum atomic E-state index is 13.5. The summed E-state index contributed by atoms with van der Waals surface area (Å²) in [5.74, 6) is -0.457. The molecule has 9 nitrogen and oxygen atoms in total. The minimum absolute atomic E-state index is 0. The van der Waals surface area contributed by atoms with Crippen molar-refractivity contribution >= 4 is 47.0 Å². The number of aromatic carboxylic acids is 1. The van der Waals surface area contributed by atoms with Crippen LogP contribution in [0, 0.1) is 0 Å². The largest absolute Gasteiger partial charge is 0.478 e. The monoisotopic (exact) mass is 594 g/mol. The Bertz CT molecular complexity index is 1470. The Morgan fingerprint density at radius 2 is 1.62 bits per heavy atom. The molecule has 1 aromatic heterocycles. The Labute approximate surface area is 252 Å². The van der Waals surface area contributed by atoms with Crippen LogP contribution in [0.15, 0.2) is 42.5 Å². The number of halogens is 1. The second-order valence-electron chi connectivity index (χ2n) is 11.3. The number of carbonyl (C=O) groups excluding carboxylic acids is 2. The van der Waals surface area contributed by atoms with Crippen LogP contribution >= 0.6 is 12.4 Å². The van der Waals surface area contributed by atoms with E-state index in [0.29, 0.717) is 57.4 Å². The maximum absolute atomic E-state index is 13.5. The number of nitrogens with zero attached hydrogens (tertiary/aromatic N) is 4. The Kier molecular flexibility index (Phi) is 8.96. The molecular formula is C32H39ClN4O5. The van der Waals surface area contributed by atoms with Gasteiger partial charge in [0.15, 0.2) is 0 Å². The van der Waals surface area contributed by atoms with E-state index in [4.69, 9.17) is 4.74 Å². The highest BCUT2D eigenvalue weighted by molar-refractivity contribution is 6.00. The molecule has 0 radical (unpaired) electrons. The smallest absolute Gasteiger partial charge is 0.409 e. The fourth-order valence-corrected chi connectivity index (χ4v) is 6.91. The number of carbonyl (C=O) groups is 3. The molecule has 42 heavy (non-hydrogen) atoms. The number of para-hydroxylation sites is 1. The number of carboxylic acids is 1. The van der Waals surface area contributed by atoms with Gasteiger partial charge in [0.05, 0.1) is 24.4 Å². The van der Waals surface area contributed by atoms with Crippen molar-refractivity contribution in [1.29, 1.82) is 0 Å². The third kappa shape index (κ3) is 5.54. The van der Waals surface area contributed by atoms with Crippen molar-refractivity contribution in [2.24, 2.45) is 0 Å². The van der Waals surface area contributed by atoms with E-state index < -0.39 is 5.97 Å². The molecule has 10 heteroatoms. The van der Waals surface area contributed by atoms with Crippen LogP contribution in [0.1, 0.15) is 60.9 Å². The van der Waals surface area contributed by atoms with Gasteiger partial charge in [0.25, 0.3) is 0 Å². The molecule has 1 saturated heterocycles. The third-order valence-electron chi connectivity index (χ3n) is 8.94. The minimum Gasteiger partial charge on any atom is -0.478 e. The van der Waals surface area contributed by atoms with Gasteiger partial charge in [-0.2, -0.15) is 0 Å². The number of ether oxygens (including phenoxy) is 1. The van der Waals surface area contributed by atoms with E-state index in [1.165, 1.54) is 30.5 Å². The number of fused-ring (bicyclic) bond motifs is 5.